The molecule has 1 fully saturated rings. The summed E-state index contributed by atoms with van der Waals surface area (Å²) >= 11 is 0. The third-order valence-corrected chi connectivity index (χ3v) is 3.49. The predicted molar refractivity (Wildman–Crippen MR) is 76.7 cm³/mol. The van der Waals surface area contributed by atoms with Crippen molar-refractivity contribution in [3.8, 4) is 0 Å². The molecule has 2 rings (SSSR count). The summed E-state index contributed by atoms with van der Waals surface area (Å²) in [5.74, 6) is -5.24. The Labute approximate surface area is 142 Å². The summed E-state index contributed by atoms with van der Waals surface area (Å²) in [6.07, 6.45) is -0.470. The quantitative estimate of drug-likeness (QED) is 0.347. The first-order valence-corrected chi connectivity index (χ1v) is 7.63. The second-order valence-corrected chi connectivity index (χ2v) is 5.30. The van der Waals surface area contributed by atoms with E-state index in [1.54, 1.807) is 0 Å². The van der Waals surface area contributed by atoms with Crippen molar-refractivity contribution < 1.29 is 38.2 Å². The van der Waals surface area contributed by atoms with Crippen LogP contribution in [0.1, 0.15) is 26.7 Å². The van der Waals surface area contributed by atoms with E-state index in [9.17, 15) is 24.0 Å². The molecule has 0 bridgehead atoms. The van der Waals surface area contributed by atoms with Gasteiger partial charge in [-0.05, 0) is 19.8 Å². The van der Waals surface area contributed by atoms with Gasteiger partial charge in [0.25, 0.3) is 11.6 Å². The van der Waals surface area contributed by atoms with Gasteiger partial charge < -0.3 is 14.2 Å². The molecular weight excluding hydrogens is 338 g/mol. The lowest BCUT2D eigenvalue weighted by Crippen LogP contribution is -2.50. The minimum atomic E-state index is -1.83. The normalized spacial score (nSPS) is 25.8. The summed E-state index contributed by atoms with van der Waals surface area (Å²) in [5.41, 5.74) is 0. The molecule has 1 amide bonds. The number of carbonyl (C=O) groups is 5. The lowest BCUT2D eigenvalue weighted by molar-refractivity contribution is -0.164. The minimum Gasteiger partial charge on any atom is -0.463 e. The second kappa shape index (κ2) is 7.92. The van der Waals surface area contributed by atoms with E-state index in [4.69, 9.17) is 9.47 Å². The van der Waals surface area contributed by atoms with E-state index in [0.717, 1.165) is 5.01 Å². The first-order chi connectivity index (χ1) is 11.8. The highest BCUT2D eigenvalue weighted by Gasteiger charge is 2.45. The Hall–Kier alpha value is -2.69. The number of carbonyl (C=O) groups excluding carboxylic acids is 5. The van der Waals surface area contributed by atoms with E-state index in [1.807, 2.05) is 0 Å². The fourth-order valence-electron chi connectivity index (χ4n) is 2.30. The van der Waals surface area contributed by atoms with Crippen molar-refractivity contribution >= 4 is 29.4 Å². The van der Waals surface area contributed by atoms with Crippen LogP contribution in [0.3, 0.4) is 0 Å². The third kappa shape index (κ3) is 4.24. The molecule has 0 aromatic carbocycles. The summed E-state index contributed by atoms with van der Waals surface area (Å²) in [4.78, 5) is 58.1. The molecule has 0 radical (unpaired) electrons. The van der Waals surface area contributed by atoms with E-state index in [1.165, 1.54) is 13.8 Å². The van der Waals surface area contributed by atoms with E-state index in [-0.39, 0.29) is 13.2 Å². The molecule has 0 saturated carbocycles. The highest BCUT2D eigenvalue weighted by Crippen LogP contribution is 2.26. The monoisotopic (exact) mass is 355 g/mol. The van der Waals surface area contributed by atoms with Crippen LogP contribution in [-0.2, 0) is 38.2 Å². The van der Waals surface area contributed by atoms with Crippen molar-refractivity contribution in [1.29, 1.82) is 0 Å². The Bertz CT molecular complexity index is 632. The molecule has 0 N–H and O–H groups in total. The number of ketones is 2. The molecule has 2 aliphatic heterocycles. The van der Waals surface area contributed by atoms with Crippen LogP contribution in [-0.4, -0.2) is 66.0 Å². The molecule has 0 aliphatic carbocycles. The molecule has 0 aromatic heterocycles. The topological polar surface area (TPSA) is 141 Å². The van der Waals surface area contributed by atoms with Crippen molar-refractivity contribution in [1.82, 2.24) is 5.01 Å². The van der Waals surface area contributed by atoms with Gasteiger partial charge in [-0.1, -0.05) is 5.22 Å². The van der Waals surface area contributed by atoms with Gasteiger partial charge in [-0.2, -0.15) is 5.01 Å². The van der Waals surface area contributed by atoms with Crippen molar-refractivity contribution in [3.05, 3.63) is 0 Å². The van der Waals surface area contributed by atoms with Gasteiger partial charge in [0.2, 0.25) is 6.04 Å². The molecule has 2 heterocycles. The van der Waals surface area contributed by atoms with E-state index in [0.29, 0.717) is 12.8 Å². The molecule has 0 aromatic rings. The number of Topliss-reactive ketones (excluding diaryl/α,β-unsaturated/α-hetero) is 2. The molecule has 11 heteroatoms. The van der Waals surface area contributed by atoms with Crippen molar-refractivity contribution in [2.75, 3.05) is 13.2 Å². The van der Waals surface area contributed by atoms with Crippen LogP contribution in [0.25, 0.3) is 0 Å². The number of esters is 2. The number of amides is 1. The summed E-state index contributed by atoms with van der Waals surface area (Å²) in [5, 5.41) is 7.73. The molecule has 2 aliphatic rings. The molecule has 11 nitrogen and oxygen atoms in total. The molecule has 3 atom stereocenters. The van der Waals surface area contributed by atoms with Crippen LogP contribution in [0, 0.1) is 0 Å². The zero-order chi connectivity index (χ0) is 18.6. The smallest absolute Gasteiger partial charge is 0.377 e. The highest BCUT2D eigenvalue weighted by atomic mass is 16.6. The standard InChI is InChI=1S/C14H17N3O8/c1-3-23-14(22)12(20)10-11(19)13(21)17(16-15-10)9-5-4-8(25-9)6-24-7(2)18/h8-10H,3-6H2,1-2H3. The van der Waals surface area contributed by atoms with Gasteiger partial charge >= 0.3 is 17.8 Å². The van der Waals surface area contributed by atoms with Crippen molar-refractivity contribution in [2.45, 2.75) is 45.1 Å². The SMILES string of the molecule is CCOC(=O)C(=O)C1N=NN(C2CCC(COC(C)=O)O2)C(=O)C1=O. The van der Waals surface area contributed by atoms with Gasteiger partial charge in [0.15, 0.2) is 6.23 Å². The van der Waals surface area contributed by atoms with Gasteiger partial charge in [0, 0.05) is 6.92 Å². The summed E-state index contributed by atoms with van der Waals surface area (Å²) in [7, 11) is 0. The maximum Gasteiger partial charge on any atom is 0.377 e. The molecule has 136 valence electrons. The summed E-state index contributed by atoms with van der Waals surface area (Å²) in [6, 6.07) is -1.83. The second-order valence-electron chi connectivity index (χ2n) is 5.30. The zero-order valence-corrected chi connectivity index (χ0v) is 13.7. The maximum atomic E-state index is 12.1. The van der Waals surface area contributed by atoms with Gasteiger partial charge in [-0.15, -0.1) is 5.11 Å². The summed E-state index contributed by atoms with van der Waals surface area (Å²) < 4.78 is 14.8. The predicted octanol–water partition coefficient (Wildman–Crippen LogP) is -0.666. The lowest BCUT2D eigenvalue weighted by Gasteiger charge is -2.26. The lowest BCUT2D eigenvalue weighted by atomic mass is 10.1. The average molecular weight is 355 g/mol. The van der Waals surface area contributed by atoms with Crippen LogP contribution < -0.4 is 0 Å². The summed E-state index contributed by atoms with van der Waals surface area (Å²) in [6.45, 7) is 2.71. The van der Waals surface area contributed by atoms with Crippen LogP contribution >= 0.6 is 0 Å². The van der Waals surface area contributed by atoms with Crippen LogP contribution in [0.5, 0.6) is 0 Å². The molecule has 3 unspecified atom stereocenters. The van der Waals surface area contributed by atoms with Crippen LogP contribution in [0.15, 0.2) is 10.3 Å². The molecule has 1 saturated heterocycles. The van der Waals surface area contributed by atoms with Gasteiger partial charge in [-0.3, -0.25) is 19.2 Å². The fraction of sp³-hybridized carbons (Fsp3) is 0.643. The molecule has 25 heavy (non-hydrogen) atoms. The van der Waals surface area contributed by atoms with E-state index >= 15 is 0 Å². The number of hydrogen-bond donors (Lipinski definition) is 0. The Morgan fingerprint density at radius 1 is 1.24 bits per heavy atom. The Morgan fingerprint density at radius 3 is 2.60 bits per heavy atom. The van der Waals surface area contributed by atoms with E-state index < -0.39 is 47.8 Å². The highest BCUT2D eigenvalue weighted by molar-refractivity contribution is 6.50. The third-order valence-electron chi connectivity index (χ3n) is 3.49. The van der Waals surface area contributed by atoms with Gasteiger partial charge in [-0.25, -0.2) is 4.79 Å². The number of hydrogen-bond acceptors (Lipinski definition) is 10. The Balaban J connectivity index is 2.01. The average Bonchev–Trinajstić information content (AvgIpc) is 3.03. The number of ether oxygens (including phenoxy) is 3. The number of rotatable bonds is 6. The van der Waals surface area contributed by atoms with Crippen molar-refractivity contribution in [2.24, 2.45) is 10.3 Å². The fourth-order valence-corrected chi connectivity index (χ4v) is 2.30. The Morgan fingerprint density at radius 2 is 1.96 bits per heavy atom. The minimum absolute atomic E-state index is 0.0168. The van der Waals surface area contributed by atoms with Gasteiger partial charge in [0.1, 0.15) is 6.61 Å². The Kier molecular flexibility index (Phi) is 5.91. The largest absolute Gasteiger partial charge is 0.463 e. The van der Waals surface area contributed by atoms with Crippen LogP contribution in [0.4, 0.5) is 0 Å². The number of nitrogens with zero attached hydrogens (tertiary/aromatic N) is 3. The van der Waals surface area contributed by atoms with Crippen LogP contribution in [0.2, 0.25) is 0 Å². The van der Waals surface area contributed by atoms with Crippen molar-refractivity contribution in [3.63, 3.8) is 0 Å². The van der Waals surface area contributed by atoms with E-state index in [2.05, 4.69) is 15.1 Å². The maximum absolute atomic E-state index is 12.1. The molecular formula is C14H17N3O8. The first kappa shape index (κ1) is 18.6. The first-order valence-electron chi connectivity index (χ1n) is 7.63. The molecule has 0 spiro atoms. The van der Waals surface area contributed by atoms with Gasteiger partial charge in [0.05, 0.1) is 12.7 Å². The zero-order valence-electron chi connectivity index (χ0n) is 13.7.